The number of hydrogen-bond donors (Lipinski definition) is 0. The van der Waals surface area contributed by atoms with Gasteiger partial charge in [0.15, 0.2) is 0 Å². The van der Waals surface area contributed by atoms with Crippen LogP contribution in [0.4, 0.5) is 4.39 Å². The van der Waals surface area contributed by atoms with Gasteiger partial charge >= 0.3 is 0 Å². The van der Waals surface area contributed by atoms with Crippen LogP contribution in [-0.2, 0) is 25.9 Å². The van der Waals surface area contributed by atoms with E-state index in [4.69, 9.17) is 4.74 Å². The van der Waals surface area contributed by atoms with Crippen LogP contribution in [0.15, 0.2) is 18.5 Å². The van der Waals surface area contributed by atoms with Gasteiger partial charge in [0.1, 0.15) is 11.6 Å². The van der Waals surface area contributed by atoms with Gasteiger partial charge < -0.3 is 4.74 Å². The molecule has 0 amide bonds. The Labute approximate surface area is 135 Å². The minimum atomic E-state index is -0.342. The molecule has 0 spiro atoms. The minimum Gasteiger partial charge on any atom is -0.481 e. The number of pyridine rings is 1. The first kappa shape index (κ1) is 15.8. The summed E-state index contributed by atoms with van der Waals surface area (Å²) in [4.78, 5) is 15.3. The molecule has 2 aromatic heterocycles. The van der Waals surface area contributed by atoms with Crippen molar-refractivity contribution in [3.05, 3.63) is 46.9 Å². The van der Waals surface area contributed by atoms with Crippen LogP contribution in [0, 0.1) is 5.82 Å². The monoisotopic (exact) mass is 316 g/mol. The number of ether oxygens (including phenoxy) is 1. The summed E-state index contributed by atoms with van der Waals surface area (Å²) in [5.41, 5.74) is 3.06. The number of aryl methyl sites for hydroxylation is 1. The highest BCUT2D eigenvalue weighted by molar-refractivity contribution is 5.27. The summed E-state index contributed by atoms with van der Waals surface area (Å²) < 4.78 is 18.7. The summed E-state index contributed by atoms with van der Waals surface area (Å²) in [6, 6.07) is 1.49. The molecular weight excluding hydrogens is 295 g/mol. The van der Waals surface area contributed by atoms with Crippen molar-refractivity contribution >= 4 is 0 Å². The Bertz CT molecular complexity index is 692. The fraction of sp³-hybridized carbons (Fsp3) is 0.471. The van der Waals surface area contributed by atoms with Gasteiger partial charge in [-0.25, -0.2) is 19.3 Å². The van der Waals surface area contributed by atoms with E-state index in [0.717, 1.165) is 55.0 Å². The van der Waals surface area contributed by atoms with E-state index in [1.54, 1.807) is 7.11 Å². The summed E-state index contributed by atoms with van der Waals surface area (Å²) in [5.74, 6) is 1.06. The highest BCUT2D eigenvalue weighted by Gasteiger charge is 2.20. The first-order valence-corrected chi connectivity index (χ1v) is 7.94. The molecule has 6 heteroatoms. The summed E-state index contributed by atoms with van der Waals surface area (Å²) in [6.07, 6.45) is 5.97. The summed E-state index contributed by atoms with van der Waals surface area (Å²) in [7, 11) is 1.55. The van der Waals surface area contributed by atoms with E-state index in [-0.39, 0.29) is 5.82 Å². The quantitative estimate of drug-likeness (QED) is 0.848. The molecule has 0 saturated carbocycles. The fourth-order valence-electron chi connectivity index (χ4n) is 2.90. The van der Waals surface area contributed by atoms with E-state index < -0.39 is 0 Å². The number of nitrogens with zero attached hydrogens (tertiary/aromatic N) is 4. The summed E-state index contributed by atoms with van der Waals surface area (Å²) in [6.45, 7) is 4.38. The normalized spacial score (nSPS) is 14.6. The molecule has 5 nitrogen and oxygen atoms in total. The van der Waals surface area contributed by atoms with E-state index in [9.17, 15) is 4.39 Å². The van der Waals surface area contributed by atoms with Crippen LogP contribution in [0.2, 0.25) is 0 Å². The zero-order chi connectivity index (χ0) is 16.2. The molecule has 0 saturated heterocycles. The second-order valence-electron chi connectivity index (χ2n) is 5.79. The van der Waals surface area contributed by atoms with Crippen molar-refractivity contribution in [2.24, 2.45) is 0 Å². The highest BCUT2D eigenvalue weighted by Crippen LogP contribution is 2.22. The Morgan fingerprint density at radius 2 is 2.17 bits per heavy atom. The number of hydrogen-bond acceptors (Lipinski definition) is 5. The Morgan fingerprint density at radius 1 is 1.30 bits per heavy atom. The van der Waals surface area contributed by atoms with Crippen molar-refractivity contribution in [3.8, 4) is 5.88 Å². The second kappa shape index (κ2) is 7.00. The zero-order valence-corrected chi connectivity index (χ0v) is 13.5. The Morgan fingerprint density at radius 3 is 2.96 bits per heavy atom. The molecule has 122 valence electrons. The second-order valence-corrected chi connectivity index (χ2v) is 5.79. The van der Waals surface area contributed by atoms with Crippen molar-refractivity contribution in [1.82, 2.24) is 19.9 Å². The minimum absolute atomic E-state index is 0.342. The van der Waals surface area contributed by atoms with Gasteiger partial charge in [-0.2, -0.15) is 0 Å². The number of aromatic nitrogens is 3. The lowest BCUT2D eigenvalue weighted by molar-refractivity contribution is 0.237. The molecule has 0 aliphatic carbocycles. The Balaban J connectivity index is 1.74. The standard InChI is InChI=1S/C17H21FN4O/c1-3-4-16-19-8-13-11-22(6-5-15(13)21-16)10-12-7-14(18)9-20-17(12)23-2/h7-9H,3-6,10-11H2,1-2H3. The Kier molecular flexibility index (Phi) is 4.81. The lowest BCUT2D eigenvalue weighted by Gasteiger charge is -2.28. The largest absolute Gasteiger partial charge is 0.481 e. The summed E-state index contributed by atoms with van der Waals surface area (Å²) in [5, 5.41) is 0. The molecule has 0 N–H and O–H groups in total. The average molecular weight is 316 g/mol. The van der Waals surface area contributed by atoms with Gasteiger partial charge in [0.2, 0.25) is 5.88 Å². The van der Waals surface area contributed by atoms with Crippen LogP contribution < -0.4 is 4.74 Å². The molecule has 1 aliphatic heterocycles. The molecule has 0 radical (unpaired) electrons. The van der Waals surface area contributed by atoms with Crippen LogP contribution in [0.3, 0.4) is 0 Å². The third-order valence-corrected chi connectivity index (χ3v) is 4.02. The van der Waals surface area contributed by atoms with Crippen molar-refractivity contribution in [3.63, 3.8) is 0 Å². The van der Waals surface area contributed by atoms with Crippen molar-refractivity contribution in [2.75, 3.05) is 13.7 Å². The molecular formula is C17H21FN4O. The third-order valence-electron chi connectivity index (χ3n) is 4.02. The van der Waals surface area contributed by atoms with Crippen molar-refractivity contribution < 1.29 is 9.13 Å². The van der Waals surface area contributed by atoms with Gasteiger partial charge in [-0.05, 0) is 12.5 Å². The lowest BCUT2D eigenvalue weighted by atomic mass is 10.1. The predicted octanol–water partition coefficient (Wildman–Crippen LogP) is 2.53. The molecule has 3 heterocycles. The average Bonchev–Trinajstić information content (AvgIpc) is 2.55. The van der Waals surface area contributed by atoms with E-state index in [1.165, 1.54) is 12.3 Å². The molecule has 1 aliphatic rings. The maximum Gasteiger partial charge on any atom is 0.217 e. The summed E-state index contributed by atoms with van der Waals surface area (Å²) >= 11 is 0. The third kappa shape index (κ3) is 3.64. The highest BCUT2D eigenvalue weighted by atomic mass is 19.1. The molecule has 0 atom stereocenters. The SMILES string of the molecule is CCCc1ncc2c(n1)CCN(Cc1cc(F)cnc1OC)C2. The van der Waals surface area contributed by atoms with E-state index in [1.807, 2.05) is 6.20 Å². The van der Waals surface area contributed by atoms with Gasteiger partial charge in [-0.15, -0.1) is 0 Å². The van der Waals surface area contributed by atoms with Crippen LogP contribution in [0.1, 0.15) is 36.0 Å². The predicted molar refractivity (Wildman–Crippen MR) is 84.6 cm³/mol. The Hall–Kier alpha value is -2.08. The molecule has 0 bridgehead atoms. The molecule has 3 rings (SSSR count). The fourth-order valence-corrected chi connectivity index (χ4v) is 2.90. The first-order valence-electron chi connectivity index (χ1n) is 7.94. The van der Waals surface area contributed by atoms with Gasteiger partial charge in [0.25, 0.3) is 0 Å². The molecule has 0 aromatic carbocycles. The van der Waals surface area contributed by atoms with Gasteiger partial charge in [-0.1, -0.05) is 6.92 Å². The van der Waals surface area contributed by atoms with E-state index in [0.29, 0.717) is 12.4 Å². The van der Waals surface area contributed by atoms with Crippen molar-refractivity contribution in [1.29, 1.82) is 0 Å². The molecule has 0 unspecified atom stereocenters. The van der Waals surface area contributed by atoms with Gasteiger partial charge in [0.05, 0.1) is 13.3 Å². The smallest absolute Gasteiger partial charge is 0.217 e. The van der Waals surface area contributed by atoms with E-state index >= 15 is 0 Å². The zero-order valence-electron chi connectivity index (χ0n) is 13.5. The van der Waals surface area contributed by atoms with Gasteiger partial charge in [0, 0.05) is 55.5 Å². The number of halogens is 1. The number of fused-ring (bicyclic) bond motifs is 1. The number of methoxy groups -OCH3 is 1. The number of rotatable bonds is 5. The van der Waals surface area contributed by atoms with Crippen molar-refractivity contribution in [2.45, 2.75) is 39.3 Å². The van der Waals surface area contributed by atoms with E-state index in [2.05, 4.69) is 26.8 Å². The molecule has 23 heavy (non-hydrogen) atoms. The van der Waals surface area contributed by atoms with Crippen LogP contribution in [-0.4, -0.2) is 33.5 Å². The lowest BCUT2D eigenvalue weighted by Crippen LogP contribution is -2.31. The maximum atomic E-state index is 13.4. The van der Waals surface area contributed by atoms with Crippen LogP contribution in [0.25, 0.3) is 0 Å². The molecule has 2 aromatic rings. The van der Waals surface area contributed by atoms with Crippen LogP contribution >= 0.6 is 0 Å². The molecule has 0 fully saturated rings. The topological polar surface area (TPSA) is 51.1 Å². The first-order chi connectivity index (χ1) is 11.2. The van der Waals surface area contributed by atoms with Crippen LogP contribution in [0.5, 0.6) is 5.88 Å². The maximum absolute atomic E-state index is 13.4. The van der Waals surface area contributed by atoms with Gasteiger partial charge in [-0.3, -0.25) is 4.90 Å².